The van der Waals surface area contributed by atoms with Crippen LogP contribution >= 0.6 is 11.8 Å². The number of thioether (sulfide) groups is 1. The van der Waals surface area contributed by atoms with Gasteiger partial charge in [0.2, 0.25) is 0 Å². The second kappa shape index (κ2) is 6.64. The number of hydrogen-bond acceptors (Lipinski definition) is 3. The highest BCUT2D eigenvalue weighted by Crippen LogP contribution is 2.40. The van der Waals surface area contributed by atoms with Gasteiger partial charge < -0.3 is 10.2 Å². The molecule has 0 aromatic heterocycles. The molecule has 19 heavy (non-hydrogen) atoms. The normalized spacial score (nSPS) is 35.8. The number of carbonyl (C=O) groups is 2. The van der Waals surface area contributed by atoms with Crippen LogP contribution in [0.15, 0.2) is 0 Å². The lowest BCUT2D eigenvalue weighted by molar-refractivity contribution is -0.143. The molecule has 0 heterocycles. The number of hydrogen-bond donors (Lipinski definition) is 2. The first-order valence-electron chi connectivity index (χ1n) is 7.17. The Morgan fingerprint density at radius 1 is 0.789 bits per heavy atom. The third-order valence-electron chi connectivity index (χ3n) is 4.34. The van der Waals surface area contributed by atoms with E-state index in [1.54, 1.807) is 0 Å². The van der Waals surface area contributed by atoms with Crippen LogP contribution in [0.5, 0.6) is 0 Å². The van der Waals surface area contributed by atoms with E-state index in [1.807, 2.05) is 11.8 Å². The highest BCUT2D eigenvalue weighted by Gasteiger charge is 2.32. The van der Waals surface area contributed by atoms with Crippen LogP contribution in [-0.4, -0.2) is 32.7 Å². The summed E-state index contributed by atoms with van der Waals surface area (Å²) in [4.78, 5) is 22.1. The Hall–Kier alpha value is -0.710. The zero-order chi connectivity index (χ0) is 13.8. The highest BCUT2D eigenvalue weighted by atomic mass is 32.2. The first-order valence-corrected chi connectivity index (χ1v) is 8.11. The van der Waals surface area contributed by atoms with Gasteiger partial charge in [0, 0.05) is 10.5 Å². The average Bonchev–Trinajstić information content (AvgIpc) is 2.39. The molecular formula is C14H22O4S. The van der Waals surface area contributed by atoms with Crippen LogP contribution in [0, 0.1) is 11.8 Å². The van der Waals surface area contributed by atoms with Gasteiger partial charge in [-0.3, -0.25) is 9.59 Å². The van der Waals surface area contributed by atoms with Gasteiger partial charge in [-0.1, -0.05) is 12.8 Å². The Morgan fingerprint density at radius 2 is 1.21 bits per heavy atom. The SMILES string of the molecule is O=C(O)C1CCCC(SC2CCCC(C(=O)O)C2)C1. The minimum Gasteiger partial charge on any atom is -0.481 e. The summed E-state index contributed by atoms with van der Waals surface area (Å²) < 4.78 is 0. The molecule has 2 aliphatic carbocycles. The molecule has 2 fully saturated rings. The van der Waals surface area contributed by atoms with E-state index in [0.29, 0.717) is 10.5 Å². The number of carboxylic acid groups (broad SMARTS) is 2. The lowest BCUT2D eigenvalue weighted by Gasteiger charge is -2.32. The van der Waals surface area contributed by atoms with Crippen LogP contribution in [0.25, 0.3) is 0 Å². The van der Waals surface area contributed by atoms with Crippen molar-refractivity contribution in [2.24, 2.45) is 11.8 Å². The molecule has 2 N–H and O–H groups in total. The molecule has 4 unspecified atom stereocenters. The topological polar surface area (TPSA) is 74.6 Å². The van der Waals surface area contributed by atoms with Gasteiger partial charge in [0.1, 0.15) is 0 Å². The summed E-state index contributed by atoms with van der Waals surface area (Å²) in [5, 5.41) is 19.0. The molecule has 0 aliphatic heterocycles. The van der Waals surface area contributed by atoms with Crippen molar-refractivity contribution in [2.75, 3.05) is 0 Å². The van der Waals surface area contributed by atoms with Crippen LogP contribution < -0.4 is 0 Å². The minimum absolute atomic E-state index is 0.190. The Kier molecular flexibility index (Phi) is 5.13. The van der Waals surface area contributed by atoms with E-state index in [4.69, 9.17) is 10.2 Å². The van der Waals surface area contributed by atoms with Crippen molar-refractivity contribution in [3.05, 3.63) is 0 Å². The molecule has 0 spiro atoms. The van der Waals surface area contributed by atoms with Gasteiger partial charge in [0.05, 0.1) is 11.8 Å². The summed E-state index contributed by atoms with van der Waals surface area (Å²) in [6.07, 6.45) is 7.27. The van der Waals surface area contributed by atoms with Crippen LogP contribution in [0.3, 0.4) is 0 Å². The summed E-state index contributed by atoms with van der Waals surface area (Å²) in [5.41, 5.74) is 0. The molecule has 0 amide bonds. The lowest BCUT2D eigenvalue weighted by atomic mass is 9.88. The Labute approximate surface area is 118 Å². The molecule has 0 aromatic rings. The zero-order valence-electron chi connectivity index (χ0n) is 11.1. The number of rotatable bonds is 4. The third-order valence-corrected chi connectivity index (χ3v) is 5.96. The monoisotopic (exact) mass is 286 g/mol. The lowest BCUT2D eigenvalue weighted by Crippen LogP contribution is -2.28. The fourth-order valence-corrected chi connectivity index (χ4v) is 5.09. The molecule has 2 aliphatic rings. The Morgan fingerprint density at radius 3 is 1.58 bits per heavy atom. The van der Waals surface area contributed by atoms with Crippen molar-refractivity contribution < 1.29 is 19.8 Å². The summed E-state index contributed by atoms with van der Waals surface area (Å²) in [7, 11) is 0. The first kappa shape index (κ1) is 14.7. The molecule has 0 saturated heterocycles. The second-order valence-corrected chi connectivity index (χ2v) is 7.39. The zero-order valence-corrected chi connectivity index (χ0v) is 11.9. The quantitative estimate of drug-likeness (QED) is 0.831. The third kappa shape index (κ3) is 4.13. The van der Waals surface area contributed by atoms with Crippen molar-refractivity contribution in [1.29, 1.82) is 0 Å². The molecule has 5 heteroatoms. The maximum Gasteiger partial charge on any atom is 0.306 e. The van der Waals surface area contributed by atoms with Gasteiger partial charge in [-0.05, 0) is 38.5 Å². The predicted molar refractivity (Wildman–Crippen MR) is 74.4 cm³/mol. The summed E-state index contributed by atoms with van der Waals surface area (Å²) in [6.45, 7) is 0. The summed E-state index contributed by atoms with van der Waals surface area (Å²) >= 11 is 1.86. The van der Waals surface area contributed by atoms with Gasteiger partial charge >= 0.3 is 11.9 Å². The fourth-order valence-electron chi connectivity index (χ4n) is 3.26. The van der Waals surface area contributed by atoms with E-state index >= 15 is 0 Å². The van der Waals surface area contributed by atoms with Gasteiger partial charge in [0.25, 0.3) is 0 Å². The van der Waals surface area contributed by atoms with Crippen molar-refractivity contribution in [3.63, 3.8) is 0 Å². The van der Waals surface area contributed by atoms with Gasteiger partial charge in [-0.15, -0.1) is 0 Å². The fraction of sp³-hybridized carbons (Fsp3) is 0.857. The molecule has 0 radical (unpaired) electrons. The van der Waals surface area contributed by atoms with Crippen LogP contribution in [-0.2, 0) is 9.59 Å². The molecule has 4 nitrogen and oxygen atoms in total. The van der Waals surface area contributed by atoms with E-state index < -0.39 is 11.9 Å². The Balaban J connectivity index is 1.83. The average molecular weight is 286 g/mol. The van der Waals surface area contributed by atoms with Gasteiger partial charge in [-0.2, -0.15) is 11.8 Å². The number of carboxylic acids is 2. The first-order chi connectivity index (χ1) is 9.06. The molecular weight excluding hydrogens is 264 g/mol. The van der Waals surface area contributed by atoms with Crippen molar-refractivity contribution >= 4 is 23.7 Å². The maximum absolute atomic E-state index is 11.0. The van der Waals surface area contributed by atoms with E-state index in [9.17, 15) is 9.59 Å². The number of aliphatic carboxylic acids is 2. The van der Waals surface area contributed by atoms with Gasteiger partial charge in [0.15, 0.2) is 0 Å². The van der Waals surface area contributed by atoms with Crippen LogP contribution in [0.4, 0.5) is 0 Å². The smallest absolute Gasteiger partial charge is 0.306 e. The molecule has 2 saturated carbocycles. The Bertz CT molecular complexity index is 312. The predicted octanol–water partition coefficient (Wildman–Crippen LogP) is 3.01. The van der Waals surface area contributed by atoms with E-state index in [0.717, 1.165) is 51.4 Å². The van der Waals surface area contributed by atoms with E-state index in [-0.39, 0.29) is 11.8 Å². The molecule has 0 aromatic carbocycles. The van der Waals surface area contributed by atoms with Crippen molar-refractivity contribution in [1.82, 2.24) is 0 Å². The largest absolute Gasteiger partial charge is 0.481 e. The molecule has 2 rings (SSSR count). The molecule has 108 valence electrons. The van der Waals surface area contributed by atoms with E-state index in [2.05, 4.69) is 0 Å². The molecule has 4 atom stereocenters. The van der Waals surface area contributed by atoms with Crippen molar-refractivity contribution in [3.8, 4) is 0 Å². The van der Waals surface area contributed by atoms with Gasteiger partial charge in [-0.25, -0.2) is 0 Å². The van der Waals surface area contributed by atoms with E-state index in [1.165, 1.54) is 0 Å². The van der Waals surface area contributed by atoms with Crippen LogP contribution in [0.1, 0.15) is 51.4 Å². The molecule has 0 bridgehead atoms. The minimum atomic E-state index is -0.669. The highest BCUT2D eigenvalue weighted by molar-refractivity contribution is 8.00. The second-order valence-electron chi connectivity index (χ2n) is 5.78. The van der Waals surface area contributed by atoms with Crippen molar-refractivity contribution in [2.45, 2.75) is 61.9 Å². The maximum atomic E-state index is 11.0. The standard InChI is InChI=1S/C14H22O4S/c15-13(16)9-3-1-5-11(7-9)19-12-6-2-4-10(8-12)14(17)18/h9-12H,1-8H2,(H,15,16)(H,17,18). The summed E-state index contributed by atoms with van der Waals surface area (Å²) in [5.74, 6) is -1.72. The summed E-state index contributed by atoms with van der Waals surface area (Å²) in [6, 6.07) is 0. The van der Waals surface area contributed by atoms with Crippen LogP contribution in [0.2, 0.25) is 0 Å².